The second-order valence-corrected chi connectivity index (χ2v) is 5.75. The highest BCUT2D eigenvalue weighted by atomic mass is 79.9. The van der Waals surface area contributed by atoms with Crippen LogP contribution in [-0.4, -0.2) is 16.8 Å². The molecule has 0 aliphatic heterocycles. The molecule has 0 aliphatic carbocycles. The van der Waals surface area contributed by atoms with Crippen LogP contribution in [-0.2, 0) is 13.1 Å². The van der Waals surface area contributed by atoms with Crippen molar-refractivity contribution >= 4 is 15.9 Å². The minimum absolute atomic E-state index is 0.163. The maximum absolute atomic E-state index is 13.4. The molecule has 106 valence electrons. The summed E-state index contributed by atoms with van der Waals surface area (Å²) in [7, 11) is 0. The number of benzene rings is 2. The van der Waals surface area contributed by atoms with Gasteiger partial charge in [0.2, 0.25) is 0 Å². The lowest BCUT2D eigenvalue weighted by atomic mass is 10.1. The monoisotopic (exact) mass is 335 g/mol. The van der Waals surface area contributed by atoms with Crippen molar-refractivity contribution in [1.82, 2.24) is 4.90 Å². The standard InChI is InChI=1S/C17H19BrFN/c1-14-7-8-17(19)11-16(14)13-20(10-9-18)12-15-5-3-2-4-6-15/h2-8,11H,9-10,12-13H2,1H3. The van der Waals surface area contributed by atoms with Crippen LogP contribution in [0.25, 0.3) is 0 Å². The third-order valence-corrected chi connectivity index (χ3v) is 3.71. The number of halogens is 2. The highest BCUT2D eigenvalue weighted by Crippen LogP contribution is 2.15. The third-order valence-electron chi connectivity index (χ3n) is 3.35. The average Bonchev–Trinajstić information content (AvgIpc) is 2.44. The van der Waals surface area contributed by atoms with Gasteiger partial charge in [-0.1, -0.05) is 52.3 Å². The quantitative estimate of drug-likeness (QED) is 0.701. The lowest BCUT2D eigenvalue weighted by Gasteiger charge is -2.22. The van der Waals surface area contributed by atoms with Crippen molar-refractivity contribution < 1.29 is 4.39 Å². The Morgan fingerprint density at radius 2 is 1.80 bits per heavy atom. The maximum Gasteiger partial charge on any atom is 0.123 e. The summed E-state index contributed by atoms with van der Waals surface area (Å²) in [6, 6.07) is 15.4. The highest BCUT2D eigenvalue weighted by molar-refractivity contribution is 9.09. The molecule has 0 bridgehead atoms. The molecule has 0 spiro atoms. The molecule has 0 saturated carbocycles. The molecule has 3 heteroatoms. The molecule has 0 unspecified atom stereocenters. The predicted octanol–water partition coefficient (Wildman–Crippen LogP) is 4.53. The fourth-order valence-corrected chi connectivity index (χ4v) is 2.73. The summed E-state index contributed by atoms with van der Waals surface area (Å²) in [6.07, 6.45) is 0. The first-order valence-corrected chi connectivity index (χ1v) is 7.88. The molecule has 0 N–H and O–H groups in total. The fraction of sp³-hybridized carbons (Fsp3) is 0.294. The van der Waals surface area contributed by atoms with Gasteiger partial charge in [0.1, 0.15) is 5.82 Å². The van der Waals surface area contributed by atoms with E-state index in [4.69, 9.17) is 0 Å². The van der Waals surface area contributed by atoms with Crippen LogP contribution in [0.3, 0.4) is 0 Å². The minimum atomic E-state index is -0.163. The highest BCUT2D eigenvalue weighted by Gasteiger charge is 2.09. The van der Waals surface area contributed by atoms with E-state index in [-0.39, 0.29) is 5.82 Å². The van der Waals surface area contributed by atoms with Gasteiger partial charge in [-0.05, 0) is 35.7 Å². The zero-order valence-corrected chi connectivity index (χ0v) is 13.2. The summed E-state index contributed by atoms with van der Waals surface area (Å²) < 4.78 is 13.4. The average molecular weight is 336 g/mol. The van der Waals surface area contributed by atoms with Crippen molar-refractivity contribution in [3.05, 3.63) is 71.0 Å². The van der Waals surface area contributed by atoms with Crippen LogP contribution in [0, 0.1) is 12.7 Å². The Hall–Kier alpha value is -1.19. The van der Waals surface area contributed by atoms with Gasteiger partial charge in [-0.2, -0.15) is 0 Å². The van der Waals surface area contributed by atoms with Crippen LogP contribution in [0.4, 0.5) is 4.39 Å². The van der Waals surface area contributed by atoms with Gasteiger partial charge >= 0.3 is 0 Å². The Labute approximate surface area is 128 Å². The van der Waals surface area contributed by atoms with Crippen LogP contribution < -0.4 is 0 Å². The molecule has 0 aliphatic rings. The predicted molar refractivity (Wildman–Crippen MR) is 85.5 cm³/mol. The van der Waals surface area contributed by atoms with Gasteiger partial charge < -0.3 is 0 Å². The number of hydrogen-bond donors (Lipinski definition) is 0. The van der Waals surface area contributed by atoms with Crippen molar-refractivity contribution in [2.24, 2.45) is 0 Å². The van der Waals surface area contributed by atoms with E-state index >= 15 is 0 Å². The third kappa shape index (κ3) is 4.43. The maximum atomic E-state index is 13.4. The van der Waals surface area contributed by atoms with Crippen LogP contribution in [0.1, 0.15) is 16.7 Å². The van der Waals surface area contributed by atoms with Crippen molar-refractivity contribution in [1.29, 1.82) is 0 Å². The molecule has 2 aromatic rings. The number of nitrogens with zero attached hydrogens (tertiary/aromatic N) is 1. The summed E-state index contributed by atoms with van der Waals surface area (Å²) in [5.41, 5.74) is 3.48. The van der Waals surface area contributed by atoms with Gasteiger partial charge in [0.05, 0.1) is 0 Å². The zero-order valence-electron chi connectivity index (χ0n) is 11.7. The topological polar surface area (TPSA) is 3.24 Å². The van der Waals surface area contributed by atoms with E-state index in [1.165, 1.54) is 11.6 Å². The molecule has 1 nitrogen and oxygen atoms in total. The van der Waals surface area contributed by atoms with Gasteiger partial charge in [0.25, 0.3) is 0 Å². The van der Waals surface area contributed by atoms with Crippen LogP contribution in [0.2, 0.25) is 0 Å². The number of aryl methyl sites for hydroxylation is 1. The fourth-order valence-electron chi connectivity index (χ4n) is 2.23. The summed E-state index contributed by atoms with van der Waals surface area (Å²) in [4.78, 5) is 2.33. The first-order valence-electron chi connectivity index (χ1n) is 6.76. The molecular formula is C17H19BrFN. The first-order chi connectivity index (χ1) is 9.69. The van der Waals surface area contributed by atoms with E-state index in [0.29, 0.717) is 0 Å². The van der Waals surface area contributed by atoms with E-state index in [1.807, 2.05) is 19.1 Å². The Bertz CT molecular complexity index is 542. The summed E-state index contributed by atoms with van der Waals surface area (Å²) in [6.45, 7) is 4.61. The lowest BCUT2D eigenvalue weighted by molar-refractivity contribution is 0.273. The number of alkyl halides is 1. The van der Waals surface area contributed by atoms with E-state index in [0.717, 1.165) is 36.1 Å². The normalized spacial score (nSPS) is 11.0. The van der Waals surface area contributed by atoms with Gasteiger partial charge in [0, 0.05) is 25.0 Å². The molecule has 2 rings (SSSR count). The zero-order chi connectivity index (χ0) is 14.4. The Kier molecular flexibility index (Phi) is 5.74. The molecule has 20 heavy (non-hydrogen) atoms. The van der Waals surface area contributed by atoms with Gasteiger partial charge in [-0.15, -0.1) is 0 Å². The van der Waals surface area contributed by atoms with E-state index in [9.17, 15) is 4.39 Å². The molecule has 0 heterocycles. The molecular weight excluding hydrogens is 317 g/mol. The largest absolute Gasteiger partial charge is 0.294 e. The summed E-state index contributed by atoms with van der Waals surface area (Å²) >= 11 is 3.49. The summed E-state index contributed by atoms with van der Waals surface area (Å²) in [5.74, 6) is -0.163. The SMILES string of the molecule is Cc1ccc(F)cc1CN(CCBr)Cc1ccccc1. The smallest absolute Gasteiger partial charge is 0.123 e. The van der Waals surface area contributed by atoms with Crippen molar-refractivity contribution in [3.8, 4) is 0 Å². The van der Waals surface area contributed by atoms with Crippen LogP contribution in [0.5, 0.6) is 0 Å². The van der Waals surface area contributed by atoms with E-state index in [2.05, 4.69) is 45.1 Å². The second kappa shape index (κ2) is 7.55. The number of hydrogen-bond acceptors (Lipinski definition) is 1. The minimum Gasteiger partial charge on any atom is -0.294 e. The van der Waals surface area contributed by atoms with Gasteiger partial charge in [0.15, 0.2) is 0 Å². The molecule has 2 aromatic carbocycles. The van der Waals surface area contributed by atoms with Crippen molar-refractivity contribution in [3.63, 3.8) is 0 Å². The van der Waals surface area contributed by atoms with E-state index in [1.54, 1.807) is 6.07 Å². The van der Waals surface area contributed by atoms with Gasteiger partial charge in [-0.3, -0.25) is 4.90 Å². The lowest BCUT2D eigenvalue weighted by Crippen LogP contribution is -2.25. The molecule has 0 saturated heterocycles. The number of rotatable bonds is 6. The summed E-state index contributed by atoms with van der Waals surface area (Å²) in [5, 5.41) is 0.911. The molecule has 0 amide bonds. The van der Waals surface area contributed by atoms with E-state index < -0.39 is 0 Å². The van der Waals surface area contributed by atoms with Gasteiger partial charge in [-0.25, -0.2) is 4.39 Å². The first kappa shape index (κ1) is 15.2. The molecule has 0 radical (unpaired) electrons. The Balaban J connectivity index is 2.11. The van der Waals surface area contributed by atoms with Crippen molar-refractivity contribution in [2.75, 3.05) is 11.9 Å². The Morgan fingerprint density at radius 1 is 1.05 bits per heavy atom. The Morgan fingerprint density at radius 3 is 2.50 bits per heavy atom. The molecule has 0 aromatic heterocycles. The molecule has 0 atom stereocenters. The molecule has 0 fully saturated rings. The second-order valence-electron chi connectivity index (χ2n) is 4.96. The van der Waals surface area contributed by atoms with Crippen LogP contribution in [0.15, 0.2) is 48.5 Å². The van der Waals surface area contributed by atoms with Crippen molar-refractivity contribution in [2.45, 2.75) is 20.0 Å². The van der Waals surface area contributed by atoms with Crippen LogP contribution >= 0.6 is 15.9 Å².